The molecule has 0 bridgehead atoms. The molecule has 1 amide bonds. The Balaban J connectivity index is 2.02. The fraction of sp³-hybridized carbons (Fsp3) is 0.368. The first-order valence-electron chi connectivity index (χ1n) is 8.71. The average molecular weight is 600 g/mol. The topological polar surface area (TPSA) is 38.1 Å². The van der Waals surface area contributed by atoms with Crippen LogP contribution in [0.1, 0.15) is 47.8 Å². The SMILES string of the molecule is C=C(c1c(Br)cc(Br)cc1Br)C(C)N(C(=O)c1c(C(F)F)nn(C)c1F)C1CC1. The number of alkyl halides is 2. The maximum Gasteiger partial charge on any atom is 0.283 e. The summed E-state index contributed by atoms with van der Waals surface area (Å²) in [6.07, 6.45) is -1.62. The van der Waals surface area contributed by atoms with Crippen molar-refractivity contribution in [3.63, 3.8) is 0 Å². The molecule has 2 aromatic rings. The van der Waals surface area contributed by atoms with Crippen LogP contribution in [0.2, 0.25) is 0 Å². The van der Waals surface area contributed by atoms with Gasteiger partial charge >= 0.3 is 0 Å². The highest BCUT2D eigenvalue weighted by molar-refractivity contribution is 9.11. The number of benzene rings is 1. The quantitative estimate of drug-likeness (QED) is 0.381. The van der Waals surface area contributed by atoms with Crippen molar-refractivity contribution in [2.24, 2.45) is 7.05 Å². The molecule has 1 aliphatic carbocycles. The van der Waals surface area contributed by atoms with Crippen molar-refractivity contribution in [1.29, 1.82) is 0 Å². The van der Waals surface area contributed by atoms with Gasteiger partial charge in [0.1, 0.15) is 11.3 Å². The van der Waals surface area contributed by atoms with Gasteiger partial charge in [0, 0.05) is 32.1 Å². The fourth-order valence-corrected chi connectivity index (χ4v) is 6.01. The summed E-state index contributed by atoms with van der Waals surface area (Å²) in [5.74, 6) is -1.87. The standard InChI is InChI=1S/C19H17Br3F3N3O/c1-8(14-12(21)6-10(20)7-13(14)22)9(2)28(11-4-5-11)19(29)15-16(17(23)24)26-27(3)18(15)25/h6-7,9,11,17H,1,4-5H2,2-3H3. The van der Waals surface area contributed by atoms with E-state index in [1.54, 1.807) is 6.92 Å². The van der Waals surface area contributed by atoms with Crippen LogP contribution >= 0.6 is 47.8 Å². The monoisotopic (exact) mass is 597 g/mol. The Bertz CT molecular complexity index is 966. The van der Waals surface area contributed by atoms with Crippen molar-refractivity contribution in [3.8, 4) is 0 Å². The highest BCUT2D eigenvalue weighted by Crippen LogP contribution is 2.40. The first kappa shape index (κ1) is 22.6. The van der Waals surface area contributed by atoms with E-state index in [1.807, 2.05) is 12.1 Å². The molecule has 0 aliphatic heterocycles. The first-order valence-corrected chi connectivity index (χ1v) is 11.1. The summed E-state index contributed by atoms with van der Waals surface area (Å²) >= 11 is 10.4. The highest BCUT2D eigenvalue weighted by Gasteiger charge is 2.41. The molecular formula is C19H17Br3F3N3O. The number of rotatable bonds is 6. The van der Waals surface area contributed by atoms with E-state index in [0.29, 0.717) is 10.3 Å². The first-order chi connectivity index (χ1) is 13.5. The van der Waals surface area contributed by atoms with Crippen LogP contribution in [-0.4, -0.2) is 32.7 Å². The number of halogens is 6. The van der Waals surface area contributed by atoms with Gasteiger partial charge in [0.15, 0.2) is 0 Å². The van der Waals surface area contributed by atoms with Crippen molar-refractivity contribution in [2.75, 3.05) is 0 Å². The third-order valence-corrected chi connectivity index (χ3v) is 6.56. The zero-order valence-electron chi connectivity index (χ0n) is 15.5. The minimum Gasteiger partial charge on any atom is -0.329 e. The summed E-state index contributed by atoms with van der Waals surface area (Å²) in [6, 6.07) is 2.98. The van der Waals surface area contributed by atoms with Crippen LogP contribution in [0.25, 0.3) is 5.57 Å². The van der Waals surface area contributed by atoms with Crippen LogP contribution in [0.4, 0.5) is 13.2 Å². The highest BCUT2D eigenvalue weighted by atomic mass is 79.9. The van der Waals surface area contributed by atoms with E-state index in [4.69, 9.17) is 0 Å². The lowest BCUT2D eigenvalue weighted by molar-refractivity contribution is 0.0698. The maximum atomic E-state index is 14.5. The van der Waals surface area contributed by atoms with Crippen LogP contribution in [0, 0.1) is 5.95 Å². The lowest BCUT2D eigenvalue weighted by atomic mass is 9.99. The molecule has 0 radical (unpaired) electrons. The molecule has 1 saturated carbocycles. The normalized spacial score (nSPS) is 14.9. The molecular weight excluding hydrogens is 583 g/mol. The lowest BCUT2D eigenvalue weighted by Crippen LogP contribution is -2.41. The molecule has 0 N–H and O–H groups in total. The lowest BCUT2D eigenvalue weighted by Gasteiger charge is -2.31. The molecule has 4 nitrogen and oxygen atoms in total. The molecule has 156 valence electrons. The van der Waals surface area contributed by atoms with Crippen LogP contribution in [-0.2, 0) is 7.05 Å². The molecule has 1 aromatic heterocycles. The predicted octanol–water partition coefficient (Wildman–Crippen LogP) is 6.49. The van der Waals surface area contributed by atoms with Gasteiger partial charge in [0.25, 0.3) is 12.3 Å². The summed E-state index contributed by atoms with van der Waals surface area (Å²) < 4.78 is 44.3. The van der Waals surface area contributed by atoms with Gasteiger partial charge < -0.3 is 4.90 Å². The second-order valence-corrected chi connectivity index (χ2v) is 9.49. The third-order valence-electron chi connectivity index (χ3n) is 4.85. The Morgan fingerprint density at radius 1 is 1.24 bits per heavy atom. The summed E-state index contributed by atoms with van der Waals surface area (Å²) in [5, 5.41) is 3.49. The molecule has 29 heavy (non-hydrogen) atoms. The number of amides is 1. The Labute approximate surface area is 191 Å². The van der Waals surface area contributed by atoms with Gasteiger partial charge in [-0.25, -0.2) is 13.5 Å². The second kappa shape index (κ2) is 8.55. The Morgan fingerprint density at radius 3 is 2.28 bits per heavy atom. The number of hydrogen-bond donors (Lipinski definition) is 0. The summed E-state index contributed by atoms with van der Waals surface area (Å²) in [4.78, 5) is 14.7. The summed E-state index contributed by atoms with van der Waals surface area (Å²) in [6.45, 7) is 5.90. The van der Waals surface area contributed by atoms with Crippen molar-refractivity contribution in [1.82, 2.24) is 14.7 Å². The smallest absolute Gasteiger partial charge is 0.283 e. The fourth-order valence-electron chi connectivity index (χ4n) is 3.24. The average Bonchev–Trinajstić information content (AvgIpc) is 3.39. The van der Waals surface area contributed by atoms with Crippen LogP contribution < -0.4 is 0 Å². The van der Waals surface area contributed by atoms with Crippen molar-refractivity contribution < 1.29 is 18.0 Å². The van der Waals surface area contributed by atoms with E-state index in [1.165, 1.54) is 11.9 Å². The molecule has 1 atom stereocenters. The Kier molecular flexibility index (Phi) is 6.65. The zero-order chi connectivity index (χ0) is 21.6. The molecule has 1 heterocycles. The maximum absolute atomic E-state index is 14.5. The zero-order valence-corrected chi connectivity index (χ0v) is 20.3. The van der Waals surface area contributed by atoms with Crippen LogP contribution in [0.5, 0.6) is 0 Å². The van der Waals surface area contributed by atoms with Crippen LogP contribution in [0.15, 0.2) is 32.1 Å². The van der Waals surface area contributed by atoms with Crippen molar-refractivity contribution in [2.45, 2.75) is 38.3 Å². The molecule has 1 aromatic carbocycles. The molecule has 1 unspecified atom stereocenters. The number of nitrogens with zero attached hydrogens (tertiary/aromatic N) is 3. The molecule has 3 rings (SSSR count). The second-order valence-electron chi connectivity index (χ2n) is 6.86. The number of aromatic nitrogens is 2. The van der Waals surface area contributed by atoms with Crippen LogP contribution in [0.3, 0.4) is 0 Å². The number of carbonyl (C=O) groups is 1. The number of aryl methyl sites for hydroxylation is 1. The minimum absolute atomic E-state index is 0.160. The molecule has 10 heteroatoms. The van der Waals surface area contributed by atoms with Crippen molar-refractivity contribution in [3.05, 3.63) is 54.9 Å². The van der Waals surface area contributed by atoms with Gasteiger partial charge in [0.2, 0.25) is 5.95 Å². The van der Waals surface area contributed by atoms with E-state index in [9.17, 15) is 18.0 Å². The molecule has 1 fully saturated rings. The van der Waals surface area contributed by atoms with Gasteiger partial charge in [0.05, 0.1) is 6.04 Å². The van der Waals surface area contributed by atoms with E-state index < -0.39 is 35.6 Å². The van der Waals surface area contributed by atoms with E-state index in [0.717, 1.165) is 31.8 Å². The van der Waals surface area contributed by atoms with E-state index >= 15 is 0 Å². The third kappa shape index (κ3) is 4.34. The summed E-state index contributed by atoms with van der Waals surface area (Å²) in [7, 11) is 1.19. The number of carbonyl (C=O) groups excluding carboxylic acids is 1. The van der Waals surface area contributed by atoms with Gasteiger partial charge in [-0.2, -0.15) is 9.49 Å². The Hall–Kier alpha value is -1.13. The largest absolute Gasteiger partial charge is 0.329 e. The van der Waals surface area contributed by atoms with Crippen molar-refractivity contribution >= 4 is 59.3 Å². The molecule has 0 spiro atoms. The minimum atomic E-state index is -3.06. The van der Waals surface area contributed by atoms with Gasteiger partial charge in [-0.05, 0) is 37.5 Å². The molecule has 0 saturated heterocycles. The molecule has 1 aliphatic rings. The predicted molar refractivity (Wildman–Crippen MR) is 115 cm³/mol. The van der Waals surface area contributed by atoms with Gasteiger partial charge in [-0.3, -0.25) is 4.79 Å². The van der Waals surface area contributed by atoms with E-state index in [2.05, 4.69) is 59.5 Å². The van der Waals surface area contributed by atoms with E-state index in [-0.39, 0.29) is 6.04 Å². The Morgan fingerprint density at radius 2 is 1.79 bits per heavy atom. The number of hydrogen-bond acceptors (Lipinski definition) is 2. The van der Waals surface area contributed by atoms with Gasteiger partial charge in [-0.15, -0.1) is 0 Å². The summed E-state index contributed by atoms with van der Waals surface area (Å²) in [5.41, 5.74) is -0.174. The van der Waals surface area contributed by atoms with Gasteiger partial charge in [-0.1, -0.05) is 54.4 Å².